The average molecular weight is 294 g/mol. The van der Waals surface area contributed by atoms with Gasteiger partial charge in [-0.1, -0.05) is 11.6 Å². The Morgan fingerprint density at radius 2 is 1.70 bits per heavy atom. The van der Waals surface area contributed by atoms with Crippen molar-refractivity contribution in [1.82, 2.24) is 4.98 Å². The summed E-state index contributed by atoms with van der Waals surface area (Å²) in [6, 6.07) is 6.67. The zero-order valence-electron chi connectivity index (χ0n) is 11.3. The fraction of sp³-hybridized carbons (Fsp3) is 0.214. The zero-order chi connectivity index (χ0) is 14.7. The number of rotatable bonds is 4. The Morgan fingerprint density at radius 3 is 2.25 bits per heavy atom. The molecule has 2 rings (SSSR count). The van der Waals surface area contributed by atoms with Crippen molar-refractivity contribution in [2.24, 2.45) is 5.73 Å². The molecule has 6 heteroatoms. The first kappa shape index (κ1) is 14.4. The summed E-state index contributed by atoms with van der Waals surface area (Å²) in [5.74, 6) is 1.66. The molecule has 1 unspecified atom stereocenters. The quantitative estimate of drug-likeness (QED) is 0.904. The molecule has 0 aliphatic carbocycles. The molecule has 1 heterocycles. The number of aromatic nitrogens is 1. The lowest BCUT2D eigenvalue weighted by Crippen LogP contribution is -2.15. The van der Waals surface area contributed by atoms with Gasteiger partial charge in [0.1, 0.15) is 17.3 Å². The van der Waals surface area contributed by atoms with Crippen LogP contribution in [0.4, 0.5) is 5.82 Å². The Balaban J connectivity index is 2.46. The second-order valence-electron chi connectivity index (χ2n) is 4.25. The summed E-state index contributed by atoms with van der Waals surface area (Å²) >= 11 is 5.94. The molecule has 5 nitrogen and oxygen atoms in total. The molecule has 0 saturated carbocycles. The predicted molar refractivity (Wildman–Crippen MR) is 79.2 cm³/mol. The first-order chi connectivity index (χ1) is 9.55. The Hall–Kier alpha value is -1.98. The molecule has 0 saturated heterocycles. The molecule has 106 valence electrons. The van der Waals surface area contributed by atoms with E-state index in [2.05, 4.69) is 4.98 Å². The molecule has 1 aromatic heterocycles. The average Bonchev–Trinajstić information content (AvgIpc) is 2.48. The lowest BCUT2D eigenvalue weighted by Gasteiger charge is -2.16. The van der Waals surface area contributed by atoms with Gasteiger partial charge >= 0.3 is 0 Å². The normalized spacial score (nSPS) is 12.0. The number of pyridine rings is 1. The van der Waals surface area contributed by atoms with Crippen LogP contribution in [-0.4, -0.2) is 19.2 Å². The molecule has 0 aliphatic rings. The maximum atomic E-state index is 6.24. The van der Waals surface area contributed by atoms with E-state index in [0.717, 1.165) is 5.56 Å². The lowest BCUT2D eigenvalue weighted by atomic mass is 9.99. The van der Waals surface area contributed by atoms with Crippen LogP contribution in [0.25, 0.3) is 0 Å². The number of hydrogen-bond donors (Lipinski definition) is 2. The van der Waals surface area contributed by atoms with Crippen molar-refractivity contribution in [2.75, 3.05) is 20.0 Å². The van der Waals surface area contributed by atoms with Gasteiger partial charge in [-0.15, -0.1) is 0 Å². The van der Waals surface area contributed by atoms with Crippen molar-refractivity contribution in [3.63, 3.8) is 0 Å². The maximum Gasteiger partial charge on any atom is 0.128 e. The minimum Gasteiger partial charge on any atom is -0.497 e. The van der Waals surface area contributed by atoms with E-state index >= 15 is 0 Å². The minimum absolute atomic E-state index is 0.351. The van der Waals surface area contributed by atoms with E-state index in [1.54, 1.807) is 26.4 Å². The van der Waals surface area contributed by atoms with Gasteiger partial charge in [0.2, 0.25) is 0 Å². The monoisotopic (exact) mass is 293 g/mol. The number of benzene rings is 1. The predicted octanol–water partition coefficient (Wildman–Crippen LogP) is 2.38. The summed E-state index contributed by atoms with van der Waals surface area (Å²) in [4.78, 5) is 4.01. The van der Waals surface area contributed by atoms with E-state index in [1.807, 2.05) is 12.1 Å². The van der Waals surface area contributed by atoms with E-state index in [-0.39, 0.29) is 0 Å². The molecule has 0 radical (unpaired) electrons. The summed E-state index contributed by atoms with van der Waals surface area (Å²) in [7, 11) is 3.17. The molecular weight excluding hydrogens is 278 g/mol. The fourth-order valence-corrected chi connectivity index (χ4v) is 2.07. The van der Waals surface area contributed by atoms with Gasteiger partial charge in [0.05, 0.1) is 25.3 Å². The summed E-state index contributed by atoms with van der Waals surface area (Å²) < 4.78 is 10.5. The highest BCUT2D eigenvalue weighted by molar-refractivity contribution is 6.30. The van der Waals surface area contributed by atoms with Crippen molar-refractivity contribution >= 4 is 17.4 Å². The second-order valence-corrected chi connectivity index (χ2v) is 4.69. The van der Waals surface area contributed by atoms with Gasteiger partial charge in [0, 0.05) is 17.8 Å². The number of halogens is 1. The van der Waals surface area contributed by atoms with E-state index in [1.165, 1.54) is 6.20 Å². The largest absolute Gasteiger partial charge is 0.497 e. The first-order valence-electron chi connectivity index (χ1n) is 5.94. The number of anilines is 1. The Kier molecular flexibility index (Phi) is 4.32. The summed E-state index contributed by atoms with van der Waals surface area (Å²) in [5, 5.41) is 0.486. The SMILES string of the molecule is COc1cc(OC)cc(C(N)c2cc(Cl)cnc2N)c1. The molecule has 0 spiro atoms. The fourth-order valence-electron chi connectivity index (χ4n) is 1.90. The standard InChI is InChI=1S/C14H16ClN3O2/c1-19-10-3-8(4-11(6-10)20-2)13(16)12-5-9(15)7-18-14(12)17/h3-7,13H,16H2,1-2H3,(H2,17,18). The lowest BCUT2D eigenvalue weighted by molar-refractivity contribution is 0.393. The number of ether oxygens (including phenoxy) is 2. The van der Waals surface area contributed by atoms with Gasteiger partial charge in [-0.2, -0.15) is 0 Å². The third-order valence-electron chi connectivity index (χ3n) is 2.98. The van der Waals surface area contributed by atoms with Gasteiger partial charge in [0.25, 0.3) is 0 Å². The van der Waals surface area contributed by atoms with Crippen LogP contribution in [0, 0.1) is 0 Å². The Bertz CT molecular complexity index is 597. The van der Waals surface area contributed by atoms with Crippen molar-refractivity contribution in [3.8, 4) is 11.5 Å². The van der Waals surface area contributed by atoms with E-state index in [9.17, 15) is 0 Å². The van der Waals surface area contributed by atoms with Crippen LogP contribution in [-0.2, 0) is 0 Å². The highest BCUT2D eigenvalue weighted by Crippen LogP contribution is 2.31. The van der Waals surface area contributed by atoms with E-state index in [4.69, 9.17) is 32.5 Å². The van der Waals surface area contributed by atoms with Crippen LogP contribution < -0.4 is 20.9 Å². The van der Waals surface area contributed by atoms with Crippen LogP contribution in [0.15, 0.2) is 30.5 Å². The molecule has 4 N–H and O–H groups in total. The smallest absolute Gasteiger partial charge is 0.128 e. The minimum atomic E-state index is -0.467. The molecule has 1 atom stereocenters. The van der Waals surface area contributed by atoms with Gasteiger partial charge < -0.3 is 20.9 Å². The van der Waals surface area contributed by atoms with Gasteiger partial charge in [-0.25, -0.2) is 4.98 Å². The number of nitrogens with two attached hydrogens (primary N) is 2. The van der Waals surface area contributed by atoms with Crippen molar-refractivity contribution in [3.05, 3.63) is 46.6 Å². The number of hydrogen-bond acceptors (Lipinski definition) is 5. The Labute approximate surface area is 122 Å². The molecular formula is C14H16ClN3O2. The highest BCUT2D eigenvalue weighted by atomic mass is 35.5. The van der Waals surface area contributed by atoms with Crippen molar-refractivity contribution in [2.45, 2.75) is 6.04 Å². The summed E-state index contributed by atoms with van der Waals surface area (Å²) in [5.41, 5.74) is 13.6. The summed E-state index contributed by atoms with van der Waals surface area (Å²) in [6.07, 6.45) is 1.49. The number of methoxy groups -OCH3 is 2. The van der Waals surface area contributed by atoms with Crippen LogP contribution in [0.5, 0.6) is 11.5 Å². The summed E-state index contributed by atoms with van der Waals surface area (Å²) in [6.45, 7) is 0. The molecule has 0 aliphatic heterocycles. The zero-order valence-corrected chi connectivity index (χ0v) is 12.0. The van der Waals surface area contributed by atoms with Gasteiger partial charge in [-0.05, 0) is 23.8 Å². The van der Waals surface area contributed by atoms with Gasteiger partial charge in [-0.3, -0.25) is 0 Å². The van der Waals surface area contributed by atoms with Crippen LogP contribution in [0.3, 0.4) is 0 Å². The van der Waals surface area contributed by atoms with E-state index in [0.29, 0.717) is 27.9 Å². The number of nitrogens with zero attached hydrogens (tertiary/aromatic N) is 1. The van der Waals surface area contributed by atoms with E-state index < -0.39 is 6.04 Å². The second kappa shape index (κ2) is 5.98. The third-order valence-corrected chi connectivity index (χ3v) is 3.19. The topological polar surface area (TPSA) is 83.4 Å². The third kappa shape index (κ3) is 2.95. The van der Waals surface area contributed by atoms with Crippen molar-refractivity contribution in [1.29, 1.82) is 0 Å². The van der Waals surface area contributed by atoms with Crippen molar-refractivity contribution < 1.29 is 9.47 Å². The molecule has 0 fully saturated rings. The molecule has 2 aromatic rings. The molecule has 0 amide bonds. The maximum absolute atomic E-state index is 6.24. The molecule has 0 bridgehead atoms. The van der Waals surface area contributed by atoms with Gasteiger partial charge in [0.15, 0.2) is 0 Å². The van der Waals surface area contributed by atoms with Crippen LogP contribution in [0.1, 0.15) is 17.2 Å². The van der Waals surface area contributed by atoms with Crippen LogP contribution >= 0.6 is 11.6 Å². The first-order valence-corrected chi connectivity index (χ1v) is 6.32. The Morgan fingerprint density at radius 1 is 1.10 bits per heavy atom. The highest BCUT2D eigenvalue weighted by Gasteiger charge is 2.15. The molecule has 1 aromatic carbocycles. The van der Waals surface area contributed by atoms with Crippen LogP contribution in [0.2, 0.25) is 5.02 Å². The number of nitrogen functional groups attached to an aromatic ring is 1. The molecule has 20 heavy (non-hydrogen) atoms.